The van der Waals surface area contributed by atoms with Gasteiger partial charge in [-0.05, 0) is 24.3 Å². The van der Waals surface area contributed by atoms with E-state index in [0.717, 1.165) is 11.8 Å². The van der Waals surface area contributed by atoms with Crippen LogP contribution in [0.5, 0.6) is 0 Å². The van der Waals surface area contributed by atoms with Crippen molar-refractivity contribution in [1.82, 2.24) is 4.98 Å². The van der Waals surface area contributed by atoms with Crippen LogP contribution in [0, 0.1) is 5.82 Å². The first-order valence-electron chi connectivity index (χ1n) is 5.29. The van der Waals surface area contributed by atoms with Gasteiger partial charge in [-0.1, -0.05) is 12.1 Å². The van der Waals surface area contributed by atoms with Gasteiger partial charge in [0.1, 0.15) is 11.6 Å². The van der Waals surface area contributed by atoms with E-state index in [1.165, 1.54) is 12.3 Å². The molecule has 0 radical (unpaired) electrons. The molecule has 0 unspecified atom stereocenters. The van der Waals surface area contributed by atoms with E-state index in [2.05, 4.69) is 4.98 Å². The summed E-state index contributed by atoms with van der Waals surface area (Å²) in [6.07, 6.45) is 1.52. The number of carbonyl (C=O) groups is 1. The van der Waals surface area contributed by atoms with Crippen LogP contribution in [0.15, 0.2) is 47.5 Å². The Kier molecular flexibility index (Phi) is 3.94. The summed E-state index contributed by atoms with van der Waals surface area (Å²) in [6.45, 7) is 0. The van der Waals surface area contributed by atoms with E-state index < -0.39 is 0 Å². The van der Waals surface area contributed by atoms with Crippen LogP contribution in [0.2, 0.25) is 0 Å². The first kappa shape index (κ1) is 12.6. The van der Waals surface area contributed by atoms with Gasteiger partial charge in [-0.3, -0.25) is 4.79 Å². The number of carbonyl (C=O) groups excluding carboxylic acids is 1. The number of rotatable bonds is 4. The summed E-state index contributed by atoms with van der Waals surface area (Å²) in [5.41, 5.74) is 5.98. The van der Waals surface area contributed by atoms with E-state index in [4.69, 9.17) is 5.73 Å². The molecule has 1 aromatic heterocycles. The number of hydrogen-bond donors (Lipinski definition) is 1. The lowest BCUT2D eigenvalue weighted by Crippen LogP contribution is -2.07. The highest BCUT2D eigenvalue weighted by atomic mass is 32.2. The van der Waals surface area contributed by atoms with Crippen LogP contribution in [-0.4, -0.2) is 16.5 Å². The number of thioether (sulfide) groups is 1. The summed E-state index contributed by atoms with van der Waals surface area (Å²) < 4.78 is 13.4. The molecule has 0 saturated heterocycles. The molecule has 0 fully saturated rings. The second-order valence-electron chi connectivity index (χ2n) is 3.58. The van der Waals surface area contributed by atoms with E-state index in [-0.39, 0.29) is 23.2 Å². The monoisotopic (exact) mass is 262 g/mol. The third-order valence-electron chi connectivity index (χ3n) is 2.33. The molecular weight excluding hydrogens is 251 g/mol. The molecule has 0 spiro atoms. The van der Waals surface area contributed by atoms with Crippen LogP contribution in [0.3, 0.4) is 0 Å². The number of nitrogens with two attached hydrogens (primary N) is 1. The van der Waals surface area contributed by atoms with E-state index in [0.29, 0.717) is 10.5 Å². The maximum absolute atomic E-state index is 13.4. The fraction of sp³-hybridized carbons (Fsp3) is 0.0769. The molecule has 3 nitrogen and oxygen atoms in total. The molecule has 2 aromatic rings. The van der Waals surface area contributed by atoms with Crippen molar-refractivity contribution < 1.29 is 9.18 Å². The SMILES string of the molecule is Nc1ncccc1C(=O)CSc1ccccc1F. The summed E-state index contributed by atoms with van der Waals surface area (Å²) in [5.74, 6) is -0.142. The third kappa shape index (κ3) is 2.87. The zero-order chi connectivity index (χ0) is 13.0. The summed E-state index contributed by atoms with van der Waals surface area (Å²) in [5, 5.41) is 0. The number of anilines is 1. The second kappa shape index (κ2) is 5.64. The Labute approximate surface area is 108 Å². The number of ketones is 1. The molecule has 0 aliphatic carbocycles. The second-order valence-corrected chi connectivity index (χ2v) is 4.60. The fourth-order valence-electron chi connectivity index (χ4n) is 1.44. The average Bonchev–Trinajstić information content (AvgIpc) is 2.38. The highest BCUT2D eigenvalue weighted by molar-refractivity contribution is 8.00. The normalized spacial score (nSPS) is 10.3. The topological polar surface area (TPSA) is 56.0 Å². The van der Waals surface area contributed by atoms with E-state index >= 15 is 0 Å². The standard InChI is InChI=1S/C13H11FN2OS/c14-10-5-1-2-6-12(10)18-8-11(17)9-4-3-7-16-13(9)15/h1-7H,8H2,(H2,15,16). The summed E-state index contributed by atoms with van der Waals surface area (Å²) in [6, 6.07) is 9.61. The molecule has 1 aromatic carbocycles. The van der Waals surface area contributed by atoms with Crippen molar-refractivity contribution in [3.05, 3.63) is 54.0 Å². The first-order valence-corrected chi connectivity index (χ1v) is 6.28. The summed E-state index contributed by atoms with van der Waals surface area (Å²) in [7, 11) is 0. The predicted molar refractivity (Wildman–Crippen MR) is 70.1 cm³/mol. The van der Waals surface area contributed by atoms with Crippen LogP contribution >= 0.6 is 11.8 Å². The van der Waals surface area contributed by atoms with Gasteiger partial charge >= 0.3 is 0 Å². The van der Waals surface area contributed by atoms with Crippen LogP contribution in [0.25, 0.3) is 0 Å². The molecule has 1 heterocycles. The molecule has 0 amide bonds. The van der Waals surface area contributed by atoms with Gasteiger partial charge in [0.05, 0.1) is 11.3 Å². The Balaban J connectivity index is 2.06. The van der Waals surface area contributed by atoms with E-state index in [9.17, 15) is 9.18 Å². The molecular formula is C13H11FN2OS. The van der Waals surface area contributed by atoms with Gasteiger partial charge in [0.15, 0.2) is 5.78 Å². The minimum absolute atomic E-state index is 0.136. The van der Waals surface area contributed by atoms with Crippen LogP contribution < -0.4 is 5.73 Å². The lowest BCUT2D eigenvalue weighted by Gasteiger charge is -2.04. The highest BCUT2D eigenvalue weighted by Gasteiger charge is 2.11. The lowest BCUT2D eigenvalue weighted by molar-refractivity contribution is 0.102. The number of aromatic nitrogens is 1. The predicted octanol–water partition coefficient (Wildman–Crippen LogP) is 2.78. The van der Waals surface area contributed by atoms with Crippen molar-refractivity contribution in [1.29, 1.82) is 0 Å². The number of pyridine rings is 1. The Hall–Kier alpha value is -1.88. The Morgan fingerprint density at radius 2 is 2.06 bits per heavy atom. The van der Waals surface area contributed by atoms with Gasteiger partial charge < -0.3 is 5.73 Å². The quantitative estimate of drug-likeness (QED) is 0.680. The summed E-state index contributed by atoms with van der Waals surface area (Å²) in [4.78, 5) is 16.2. The molecule has 0 aliphatic rings. The number of halogens is 1. The smallest absolute Gasteiger partial charge is 0.176 e. The highest BCUT2D eigenvalue weighted by Crippen LogP contribution is 2.22. The molecule has 0 atom stereocenters. The maximum atomic E-state index is 13.4. The van der Waals surface area contributed by atoms with Crippen LogP contribution in [0.1, 0.15) is 10.4 Å². The van der Waals surface area contributed by atoms with Crippen molar-refractivity contribution in [2.24, 2.45) is 0 Å². The van der Waals surface area contributed by atoms with Crippen molar-refractivity contribution >= 4 is 23.4 Å². The lowest BCUT2D eigenvalue weighted by atomic mass is 10.2. The molecule has 0 aliphatic heterocycles. The first-order chi connectivity index (χ1) is 8.68. The van der Waals surface area contributed by atoms with Gasteiger partial charge in [-0.15, -0.1) is 11.8 Å². The molecule has 18 heavy (non-hydrogen) atoms. The minimum Gasteiger partial charge on any atom is -0.383 e. The number of hydrogen-bond acceptors (Lipinski definition) is 4. The molecule has 92 valence electrons. The zero-order valence-electron chi connectivity index (χ0n) is 9.47. The van der Waals surface area contributed by atoms with Crippen molar-refractivity contribution in [3.63, 3.8) is 0 Å². The Bertz CT molecular complexity index is 574. The van der Waals surface area contributed by atoms with Gasteiger partial charge in [-0.25, -0.2) is 9.37 Å². The van der Waals surface area contributed by atoms with Crippen molar-refractivity contribution in [2.45, 2.75) is 4.90 Å². The summed E-state index contributed by atoms with van der Waals surface area (Å²) >= 11 is 1.15. The van der Waals surface area contributed by atoms with Gasteiger partial charge in [0, 0.05) is 11.1 Å². The fourth-order valence-corrected chi connectivity index (χ4v) is 2.26. The Morgan fingerprint density at radius 1 is 1.28 bits per heavy atom. The van der Waals surface area contributed by atoms with Gasteiger partial charge in [0.2, 0.25) is 0 Å². The number of nitrogen functional groups attached to an aromatic ring is 1. The van der Waals surface area contributed by atoms with Crippen LogP contribution in [0.4, 0.5) is 10.2 Å². The maximum Gasteiger partial charge on any atom is 0.176 e. The number of benzene rings is 1. The molecule has 2 N–H and O–H groups in total. The number of nitrogens with zero attached hydrogens (tertiary/aromatic N) is 1. The van der Waals surface area contributed by atoms with Gasteiger partial charge in [0.25, 0.3) is 0 Å². The number of Topliss-reactive ketones (excluding diaryl/α,β-unsaturated/α-hetero) is 1. The van der Waals surface area contributed by atoms with Crippen LogP contribution in [-0.2, 0) is 0 Å². The van der Waals surface area contributed by atoms with E-state index in [1.807, 2.05) is 0 Å². The third-order valence-corrected chi connectivity index (χ3v) is 3.38. The Morgan fingerprint density at radius 3 is 2.78 bits per heavy atom. The molecule has 2 rings (SSSR count). The molecule has 5 heteroatoms. The minimum atomic E-state index is -0.325. The van der Waals surface area contributed by atoms with Crippen molar-refractivity contribution in [3.8, 4) is 0 Å². The van der Waals surface area contributed by atoms with Crippen molar-refractivity contribution in [2.75, 3.05) is 11.5 Å². The van der Waals surface area contributed by atoms with Gasteiger partial charge in [-0.2, -0.15) is 0 Å². The largest absolute Gasteiger partial charge is 0.383 e. The average molecular weight is 262 g/mol. The molecule has 0 saturated carbocycles. The zero-order valence-corrected chi connectivity index (χ0v) is 10.3. The molecule has 0 bridgehead atoms. The van der Waals surface area contributed by atoms with E-state index in [1.54, 1.807) is 30.3 Å².